The highest BCUT2D eigenvalue weighted by Gasteiger charge is 2.41. The molecule has 0 atom stereocenters. The quantitative estimate of drug-likeness (QED) is 0.692. The van der Waals surface area contributed by atoms with Crippen LogP contribution in [0.15, 0.2) is 41.8 Å². The lowest BCUT2D eigenvalue weighted by atomic mass is 10.2. The van der Waals surface area contributed by atoms with Crippen molar-refractivity contribution in [1.29, 1.82) is 0 Å². The van der Waals surface area contributed by atoms with Gasteiger partial charge in [-0.2, -0.15) is 0 Å². The van der Waals surface area contributed by atoms with Gasteiger partial charge < -0.3 is 9.80 Å². The average Bonchev–Trinajstić information content (AvgIpc) is 3.59. The molecule has 0 saturated heterocycles. The van der Waals surface area contributed by atoms with E-state index >= 15 is 0 Å². The summed E-state index contributed by atoms with van der Waals surface area (Å²) < 4.78 is 13.2. The van der Waals surface area contributed by atoms with Crippen LogP contribution in [0.1, 0.15) is 36.1 Å². The maximum atomic E-state index is 13.2. The molecule has 142 valence electrons. The van der Waals surface area contributed by atoms with Crippen LogP contribution in [-0.4, -0.2) is 34.2 Å². The second-order valence-corrected chi connectivity index (χ2v) is 8.46. The molecule has 2 aliphatic rings. The summed E-state index contributed by atoms with van der Waals surface area (Å²) in [5, 5.41) is 1.99. The van der Waals surface area contributed by atoms with Crippen molar-refractivity contribution in [2.75, 3.05) is 6.54 Å². The number of carbonyl (C=O) groups is 2. The fourth-order valence-corrected chi connectivity index (χ4v) is 3.94. The molecule has 2 amide bonds. The second-order valence-electron chi connectivity index (χ2n) is 7.43. The molecule has 0 bridgehead atoms. The lowest BCUT2D eigenvalue weighted by Crippen LogP contribution is -2.44. The number of hydrogen-bond donors (Lipinski definition) is 0. The van der Waals surface area contributed by atoms with Gasteiger partial charge in [0, 0.05) is 23.4 Å². The van der Waals surface area contributed by atoms with E-state index < -0.39 is 0 Å². The van der Waals surface area contributed by atoms with Gasteiger partial charge in [0.25, 0.3) is 0 Å². The maximum Gasteiger partial charge on any atom is 0.242 e. The van der Waals surface area contributed by atoms with Crippen molar-refractivity contribution in [1.82, 2.24) is 9.80 Å². The van der Waals surface area contributed by atoms with Gasteiger partial charge in [-0.15, -0.1) is 11.3 Å². The molecule has 2 aliphatic carbocycles. The Morgan fingerprint density at radius 1 is 1.04 bits per heavy atom. The maximum absolute atomic E-state index is 13.2. The minimum Gasteiger partial charge on any atom is -0.332 e. The number of carbonyl (C=O) groups excluding carboxylic acids is 2. The first kappa shape index (κ1) is 18.2. The molecule has 1 aromatic carbocycles. The first-order chi connectivity index (χ1) is 13.1. The van der Waals surface area contributed by atoms with E-state index in [0.717, 1.165) is 36.1 Å². The molecular weight excluding hydrogens is 363 g/mol. The Hall–Kier alpha value is -2.21. The minimum absolute atomic E-state index is 0.0476. The topological polar surface area (TPSA) is 40.6 Å². The molecule has 6 heteroatoms. The van der Waals surface area contributed by atoms with Gasteiger partial charge in [-0.3, -0.25) is 9.59 Å². The van der Waals surface area contributed by atoms with E-state index in [-0.39, 0.29) is 36.1 Å². The van der Waals surface area contributed by atoms with Gasteiger partial charge in [-0.05, 0) is 54.8 Å². The summed E-state index contributed by atoms with van der Waals surface area (Å²) >= 11 is 1.61. The molecule has 27 heavy (non-hydrogen) atoms. The second kappa shape index (κ2) is 7.80. The molecule has 1 aromatic heterocycles. The van der Waals surface area contributed by atoms with E-state index in [9.17, 15) is 14.0 Å². The SMILES string of the molecule is O=C(CN(C(=O)C1CC1)C1CC1)N(Cc1ccc(F)cc1)Cc1cccs1. The molecule has 0 N–H and O–H groups in total. The molecule has 4 rings (SSSR count). The van der Waals surface area contributed by atoms with Crippen LogP contribution in [0.4, 0.5) is 4.39 Å². The third kappa shape index (κ3) is 4.75. The van der Waals surface area contributed by atoms with Gasteiger partial charge in [0.2, 0.25) is 11.8 Å². The third-order valence-electron chi connectivity index (χ3n) is 5.07. The Morgan fingerprint density at radius 3 is 2.37 bits per heavy atom. The summed E-state index contributed by atoms with van der Waals surface area (Å²) in [5.74, 6) is -0.0663. The molecule has 2 saturated carbocycles. The van der Waals surface area contributed by atoms with E-state index in [2.05, 4.69) is 0 Å². The Balaban J connectivity index is 1.48. The van der Waals surface area contributed by atoms with Gasteiger partial charge in [-0.1, -0.05) is 18.2 Å². The number of hydrogen-bond acceptors (Lipinski definition) is 3. The summed E-state index contributed by atoms with van der Waals surface area (Å²) in [5.41, 5.74) is 0.882. The normalized spacial score (nSPS) is 16.2. The summed E-state index contributed by atoms with van der Waals surface area (Å²) in [6, 6.07) is 10.4. The van der Waals surface area contributed by atoms with Crippen LogP contribution in [0.5, 0.6) is 0 Å². The number of amides is 2. The molecule has 4 nitrogen and oxygen atoms in total. The van der Waals surface area contributed by atoms with E-state index in [1.54, 1.807) is 33.3 Å². The van der Waals surface area contributed by atoms with Crippen molar-refractivity contribution < 1.29 is 14.0 Å². The fraction of sp³-hybridized carbons (Fsp3) is 0.429. The predicted molar refractivity (Wildman–Crippen MR) is 102 cm³/mol. The van der Waals surface area contributed by atoms with Gasteiger partial charge in [0.05, 0.1) is 6.54 Å². The molecule has 2 aromatic rings. The van der Waals surface area contributed by atoms with Gasteiger partial charge in [0.1, 0.15) is 12.4 Å². The van der Waals surface area contributed by atoms with Crippen LogP contribution < -0.4 is 0 Å². The summed E-state index contributed by atoms with van der Waals surface area (Å²) in [6.45, 7) is 1.06. The van der Waals surface area contributed by atoms with E-state index in [0.29, 0.717) is 13.1 Å². The molecule has 0 aliphatic heterocycles. The van der Waals surface area contributed by atoms with Gasteiger partial charge >= 0.3 is 0 Å². The monoisotopic (exact) mass is 386 g/mol. The molecule has 0 unspecified atom stereocenters. The van der Waals surface area contributed by atoms with Crippen LogP contribution in [-0.2, 0) is 22.7 Å². The number of rotatable bonds is 8. The van der Waals surface area contributed by atoms with Gasteiger partial charge in [-0.25, -0.2) is 4.39 Å². The summed E-state index contributed by atoms with van der Waals surface area (Å²) in [6.07, 6.45) is 3.89. The van der Waals surface area contributed by atoms with Crippen LogP contribution >= 0.6 is 11.3 Å². The largest absolute Gasteiger partial charge is 0.332 e. The zero-order chi connectivity index (χ0) is 18.8. The van der Waals surface area contributed by atoms with Crippen molar-refractivity contribution in [3.8, 4) is 0 Å². The van der Waals surface area contributed by atoms with Crippen molar-refractivity contribution in [3.63, 3.8) is 0 Å². The molecule has 0 radical (unpaired) electrons. The van der Waals surface area contributed by atoms with Crippen molar-refractivity contribution in [3.05, 3.63) is 58.0 Å². The first-order valence-electron chi connectivity index (χ1n) is 9.45. The zero-order valence-corrected chi connectivity index (χ0v) is 16.0. The molecule has 2 fully saturated rings. The number of halogens is 1. The zero-order valence-electron chi connectivity index (χ0n) is 15.1. The Kier molecular flexibility index (Phi) is 5.25. The molecule has 1 heterocycles. The molecular formula is C21H23FN2O2S. The standard InChI is InChI=1S/C21H23FN2O2S/c22-17-7-3-15(4-8-17)12-23(13-19-2-1-11-27-19)20(25)14-24(18-9-10-18)21(26)16-5-6-16/h1-4,7-8,11,16,18H,5-6,9-10,12-14H2. The third-order valence-corrected chi connectivity index (χ3v) is 5.93. The van der Waals surface area contributed by atoms with Crippen molar-refractivity contribution in [2.45, 2.75) is 44.8 Å². The van der Waals surface area contributed by atoms with E-state index in [4.69, 9.17) is 0 Å². The fourth-order valence-electron chi connectivity index (χ4n) is 3.22. The van der Waals surface area contributed by atoms with Crippen molar-refractivity contribution >= 4 is 23.2 Å². The highest BCUT2D eigenvalue weighted by Crippen LogP contribution is 2.36. The van der Waals surface area contributed by atoms with E-state index in [1.807, 2.05) is 17.5 Å². The van der Waals surface area contributed by atoms with Gasteiger partial charge in [0.15, 0.2) is 0 Å². The summed E-state index contributed by atoms with van der Waals surface area (Å²) in [7, 11) is 0. The van der Waals surface area contributed by atoms with E-state index in [1.165, 1.54) is 12.1 Å². The number of thiophene rings is 1. The lowest BCUT2D eigenvalue weighted by molar-refractivity contribution is -0.142. The number of nitrogens with zero attached hydrogens (tertiary/aromatic N) is 2. The number of benzene rings is 1. The minimum atomic E-state index is -0.287. The highest BCUT2D eigenvalue weighted by molar-refractivity contribution is 7.09. The van der Waals surface area contributed by atoms with Crippen LogP contribution in [0.2, 0.25) is 0 Å². The Morgan fingerprint density at radius 2 is 1.78 bits per heavy atom. The smallest absolute Gasteiger partial charge is 0.242 e. The van der Waals surface area contributed by atoms with Crippen LogP contribution in [0, 0.1) is 11.7 Å². The predicted octanol–water partition coefficient (Wildman–Crippen LogP) is 3.82. The molecule has 0 spiro atoms. The van der Waals surface area contributed by atoms with Crippen LogP contribution in [0.3, 0.4) is 0 Å². The van der Waals surface area contributed by atoms with Crippen LogP contribution in [0.25, 0.3) is 0 Å². The average molecular weight is 386 g/mol. The lowest BCUT2D eigenvalue weighted by Gasteiger charge is -2.28. The summed E-state index contributed by atoms with van der Waals surface area (Å²) in [4.78, 5) is 30.3. The first-order valence-corrected chi connectivity index (χ1v) is 10.3. The highest BCUT2D eigenvalue weighted by atomic mass is 32.1. The van der Waals surface area contributed by atoms with Crippen molar-refractivity contribution in [2.24, 2.45) is 5.92 Å². The Bertz CT molecular complexity index is 798. The Labute approximate surface area is 162 Å².